The van der Waals surface area contributed by atoms with E-state index in [0.29, 0.717) is 4.70 Å². The standard InChI is InChI=1S/C8H6N2O3S/c9-8-10-7(13)3-1-4(11)5(12)2-6(3)14-8/h1-2,11-12H,(H2,9,10,13). The number of nitrogens with zero attached hydrogens (tertiary/aromatic N) is 1. The molecular weight excluding hydrogens is 204 g/mol. The fourth-order valence-corrected chi connectivity index (χ4v) is 1.89. The molecule has 0 amide bonds. The highest BCUT2D eigenvalue weighted by molar-refractivity contribution is 7.21. The molecule has 2 aromatic rings. The number of fused-ring (bicyclic) bond motifs is 1. The molecule has 14 heavy (non-hydrogen) atoms. The van der Waals surface area contributed by atoms with E-state index in [2.05, 4.69) is 4.98 Å². The summed E-state index contributed by atoms with van der Waals surface area (Å²) in [4.78, 5) is 14.8. The fourth-order valence-electron chi connectivity index (χ4n) is 1.11. The van der Waals surface area contributed by atoms with Crippen LogP contribution in [0.3, 0.4) is 0 Å². The summed E-state index contributed by atoms with van der Waals surface area (Å²) in [5.74, 6) is -0.618. The van der Waals surface area contributed by atoms with Crippen LogP contribution in [0.4, 0.5) is 5.13 Å². The van der Waals surface area contributed by atoms with Gasteiger partial charge in [-0.05, 0) is 6.07 Å². The van der Waals surface area contributed by atoms with Crippen LogP contribution in [0.2, 0.25) is 0 Å². The summed E-state index contributed by atoms with van der Waals surface area (Å²) in [6.45, 7) is 0. The van der Waals surface area contributed by atoms with Crippen molar-refractivity contribution in [3.63, 3.8) is 0 Å². The van der Waals surface area contributed by atoms with Crippen molar-refractivity contribution in [1.29, 1.82) is 0 Å². The van der Waals surface area contributed by atoms with Crippen molar-refractivity contribution >= 4 is 26.6 Å². The first-order valence-electron chi connectivity index (χ1n) is 3.70. The van der Waals surface area contributed by atoms with Crippen LogP contribution in [0.25, 0.3) is 10.1 Å². The average molecular weight is 210 g/mol. The maximum absolute atomic E-state index is 11.3. The average Bonchev–Trinajstić information content (AvgIpc) is 2.08. The predicted octanol–water partition coefficient (Wildman–Crippen LogP) is 0.650. The Bertz CT molecular complexity index is 564. The summed E-state index contributed by atoms with van der Waals surface area (Å²) in [6.07, 6.45) is 0. The lowest BCUT2D eigenvalue weighted by Gasteiger charge is -2.00. The minimum absolute atomic E-state index is 0.132. The number of aromatic nitrogens is 1. The summed E-state index contributed by atoms with van der Waals surface area (Å²) < 4.78 is 0.498. The molecule has 6 heteroatoms. The highest BCUT2D eigenvalue weighted by Crippen LogP contribution is 2.31. The number of aromatic hydroxyl groups is 2. The van der Waals surface area contributed by atoms with Crippen LogP contribution in [0.15, 0.2) is 16.9 Å². The van der Waals surface area contributed by atoms with E-state index < -0.39 is 5.56 Å². The molecule has 0 bridgehead atoms. The predicted molar refractivity (Wildman–Crippen MR) is 53.6 cm³/mol. The Morgan fingerprint density at radius 3 is 2.64 bits per heavy atom. The molecule has 0 aliphatic rings. The van der Waals surface area contributed by atoms with E-state index in [-0.39, 0.29) is 22.0 Å². The third-order valence-corrected chi connectivity index (χ3v) is 2.59. The quantitative estimate of drug-likeness (QED) is 0.555. The summed E-state index contributed by atoms with van der Waals surface area (Å²) in [6, 6.07) is 2.46. The highest BCUT2D eigenvalue weighted by atomic mass is 32.1. The second-order valence-electron chi connectivity index (χ2n) is 2.69. The van der Waals surface area contributed by atoms with Gasteiger partial charge in [0.15, 0.2) is 16.6 Å². The van der Waals surface area contributed by atoms with E-state index in [0.717, 1.165) is 11.3 Å². The maximum atomic E-state index is 11.3. The molecule has 1 aromatic heterocycles. The number of nitrogens with two attached hydrogens (primary N) is 1. The zero-order chi connectivity index (χ0) is 10.3. The molecule has 0 spiro atoms. The van der Waals surface area contributed by atoms with Gasteiger partial charge in [-0.25, -0.2) is 0 Å². The number of anilines is 1. The molecule has 1 heterocycles. The first-order chi connectivity index (χ1) is 6.58. The van der Waals surface area contributed by atoms with Gasteiger partial charge in [-0.2, -0.15) is 4.98 Å². The SMILES string of the molecule is Nc1nc(=O)c2cc(O)c(O)cc2s1. The van der Waals surface area contributed by atoms with E-state index in [1.807, 2.05) is 0 Å². The minimum Gasteiger partial charge on any atom is -0.504 e. The Kier molecular flexibility index (Phi) is 1.78. The number of hydrogen-bond acceptors (Lipinski definition) is 6. The van der Waals surface area contributed by atoms with Crippen LogP contribution >= 0.6 is 11.3 Å². The van der Waals surface area contributed by atoms with E-state index in [9.17, 15) is 9.90 Å². The summed E-state index contributed by atoms with van der Waals surface area (Å²) in [5, 5.41) is 18.7. The van der Waals surface area contributed by atoms with Gasteiger partial charge in [-0.15, -0.1) is 0 Å². The lowest BCUT2D eigenvalue weighted by atomic mass is 10.2. The first kappa shape index (κ1) is 8.76. The third kappa shape index (κ3) is 1.25. The molecule has 1 aromatic carbocycles. The van der Waals surface area contributed by atoms with Crippen LogP contribution in [0.1, 0.15) is 0 Å². The summed E-state index contributed by atoms with van der Waals surface area (Å²) >= 11 is 1.07. The Labute approximate surface area is 82.1 Å². The molecule has 5 nitrogen and oxygen atoms in total. The first-order valence-corrected chi connectivity index (χ1v) is 4.52. The fraction of sp³-hybridized carbons (Fsp3) is 0. The monoisotopic (exact) mass is 210 g/mol. The second-order valence-corrected chi connectivity index (χ2v) is 3.76. The van der Waals surface area contributed by atoms with Gasteiger partial charge in [-0.1, -0.05) is 11.3 Å². The Morgan fingerprint density at radius 1 is 1.29 bits per heavy atom. The van der Waals surface area contributed by atoms with Gasteiger partial charge in [-0.3, -0.25) is 4.79 Å². The minimum atomic E-state index is -0.508. The molecule has 4 N–H and O–H groups in total. The number of phenolic OH excluding ortho intramolecular Hbond substituents is 2. The zero-order valence-corrected chi connectivity index (χ0v) is 7.71. The van der Waals surface area contributed by atoms with Gasteiger partial charge in [0.25, 0.3) is 5.56 Å². The van der Waals surface area contributed by atoms with Crippen LogP contribution in [0, 0.1) is 0 Å². The van der Waals surface area contributed by atoms with E-state index in [1.165, 1.54) is 12.1 Å². The highest BCUT2D eigenvalue weighted by Gasteiger charge is 2.07. The molecule has 0 radical (unpaired) electrons. The zero-order valence-electron chi connectivity index (χ0n) is 6.89. The maximum Gasteiger partial charge on any atom is 0.281 e. The normalized spacial score (nSPS) is 10.6. The summed E-state index contributed by atoms with van der Waals surface area (Å²) in [7, 11) is 0. The van der Waals surface area contributed by atoms with Gasteiger partial charge in [0.05, 0.1) is 5.39 Å². The largest absolute Gasteiger partial charge is 0.504 e. The van der Waals surface area contributed by atoms with Crippen LogP contribution < -0.4 is 11.3 Å². The molecule has 0 unspecified atom stereocenters. The van der Waals surface area contributed by atoms with Gasteiger partial charge in [0.2, 0.25) is 0 Å². The molecule has 0 aliphatic carbocycles. The second kappa shape index (κ2) is 2.85. The lowest BCUT2D eigenvalue weighted by molar-refractivity contribution is 0.405. The van der Waals surface area contributed by atoms with Gasteiger partial charge in [0.1, 0.15) is 0 Å². The lowest BCUT2D eigenvalue weighted by Crippen LogP contribution is -2.06. The molecular formula is C8H6N2O3S. The third-order valence-electron chi connectivity index (χ3n) is 1.73. The molecule has 0 fully saturated rings. The van der Waals surface area contributed by atoms with Crippen molar-refractivity contribution in [2.75, 3.05) is 5.73 Å². The number of hydrogen-bond donors (Lipinski definition) is 3. The van der Waals surface area contributed by atoms with Crippen LogP contribution in [-0.2, 0) is 0 Å². The molecule has 0 saturated carbocycles. The van der Waals surface area contributed by atoms with Crippen molar-refractivity contribution in [3.8, 4) is 11.5 Å². The number of nitrogen functional groups attached to an aromatic ring is 1. The van der Waals surface area contributed by atoms with Crippen molar-refractivity contribution in [1.82, 2.24) is 4.98 Å². The smallest absolute Gasteiger partial charge is 0.281 e. The topological polar surface area (TPSA) is 96.4 Å². The van der Waals surface area contributed by atoms with E-state index in [4.69, 9.17) is 10.8 Å². The molecule has 2 rings (SSSR count). The van der Waals surface area contributed by atoms with Crippen molar-refractivity contribution in [2.24, 2.45) is 0 Å². The van der Waals surface area contributed by atoms with Crippen molar-refractivity contribution in [3.05, 3.63) is 22.5 Å². The molecule has 0 saturated heterocycles. The Balaban J connectivity index is 2.96. The Morgan fingerprint density at radius 2 is 1.93 bits per heavy atom. The number of rotatable bonds is 0. The van der Waals surface area contributed by atoms with E-state index in [1.54, 1.807) is 0 Å². The van der Waals surface area contributed by atoms with Gasteiger partial charge >= 0.3 is 0 Å². The van der Waals surface area contributed by atoms with E-state index >= 15 is 0 Å². The number of phenols is 2. The Hall–Kier alpha value is -1.82. The van der Waals surface area contributed by atoms with Crippen LogP contribution in [-0.4, -0.2) is 15.2 Å². The summed E-state index contributed by atoms with van der Waals surface area (Å²) in [5.41, 5.74) is 4.87. The van der Waals surface area contributed by atoms with Gasteiger partial charge < -0.3 is 15.9 Å². The number of benzene rings is 1. The van der Waals surface area contributed by atoms with Gasteiger partial charge in [0, 0.05) is 10.8 Å². The van der Waals surface area contributed by atoms with Crippen molar-refractivity contribution < 1.29 is 10.2 Å². The van der Waals surface area contributed by atoms with Crippen LogP contribution in [0.5, 0.6) is 11.5 Å². The van der Waals surface area contributed by atoms with Crippen molar-refractivity contribution in [2.45, 2.75) is 0 Å². The molecule has 0 aliphatic heterocycles. The molecule has 0 atom stereocenters. The molecule has 72 valence electrons.